The smallest absolute Gasteiger partial charge is 0.223 e. The van der Waals surface area contributed by atoms with Gasteiger partial charge in [0.05, 0.1) is 0 Å². The summed E-state index contributed by atoms with van der Waals surface area (Å²) in [5, 5.41) is 3.29. The summed E-state index contributed by atoms with van der Waals surface area (Å²) in [7, 11) is 2.21. The SMILES string of the molecule is CN(CCC(=O)N1CCNCC1)C1CCCCCCC1. The molecule has 20 heavy (non-hydrogen) atoms. The first kappa shape index (κ1) is 15.8. The zero-order valence-electron chi connectivity index (χ0n) is 13.1. The van der Waals surface area contributed by atoms with Crippen LogP contribution in [0.15, 0.2) is 0 Å². The average Bonchev–Trinajstić information content (AvgIpc) is 2.45. The van der Waals surface area contributed by atoms with Crippen LogP contribution in [0, 0.1) is 0 Å². The van der Waals surface area contributed by atoms with E-state index in [2.05, 4.69) is 17.3 Å². The molecule has 2 rings (SSSR count). The van der Waals surface area contributed by atoms with Crippen molar-refractivity contribution < 1.29 is 4.79 Å². The van der Waals surface area contributed by atoms with Gasteiger partial charge in [0.15, 0.2) is 0 Å². The van der Waals surface area contributed by atoms with E-state index in [1.54, 1.807) is 0 Å². The lowest BCUT2D eigenvalue weighted by Gasteiger charge is -2.31. The third kappa shape index (κ3) is 5.06. The lowest BCUT2D eigenvalue weighted by molar-refractivity contribution is -0.132. The van der Waals surface area contributed by atoms with Gasteiger partial charge in [-0.1, -0.05) is 32.1 Å². The fourth-order valence-electron chi connectivity index (χ4n) is 3.40. The predicted molar refractivity (Wildman–Crippen MR) is 82.8 cm³/mol. The van der Waals surface area contributed by atoms with Crippen molar-refractivity contribution in [3.8, 4) is 0 Å². The summed E-state index contributed by atoms with van der Waals surface area (Å²) in [4.78, 5) is 16.6. The minimum atomic E-state index is 0.337. The first-order chi connectivity index (χ1) is 9.77. The van der Waals surface area contributed by atoms with E-state index in [0.29, 0.717) is 18.4 Å². The molecule has 4 nitrogen and oxygen atoms in total. The molecule has 2 fully saturated rings. The van der Waals surface area contributed by atoms with Crippen molar-refractivity contribution in [2.75, 3.05) is 39.8 Å². The Kier molecular flexibility index (Phi) is 6.80. The Hall–Kier alpha value is -0.610. The molecular formula is C16H31N3O. The van der Waals surface area contributed by atoms with E-state index in [-0.39, 0.29) is 0 Å². The normalized spacial score (nSPS) is 22.6. The van der Waals surface area contributed by atoms with Gasteiger partial charge in [-0.25, -0.2) is 0 Å². The summed E-state index contributed by atoms with van der Waals surface area (Å²) in [6, 6.07) is 0.700. The number of hydrogen-bond acceptors (Lipinski definition) is 3. The molecule has 0 aromatic rings. The van der Waals surface area contributed by atoms with Gasteiger partial charge in [0.2, 0.25) is 5.91 Å². The first-order valence-corrected chi connectivity index (χ1v) is 8.46. The van der Waals surface area contributed by atoms with Gasteiger partial charge in [-0.3, -0.25) is 4.79 Å². The number of hydrogen-bond donors (Lipinski definition) is 1. The van der Waals surface area contributed by atoms with Crippen LogP contribution in [0.1, 0.15) is 51.4 Å². The van der Waals surface area contributed by atoms with Crippen molar-refractivity contribution in [1.29, 1.82) is 0 Å². The predicted octanol–water partition coefficient (Wildman–Crippen LogP) is 1.85. The van der Waals surface area contributed by atoms with Crippen LogP contribution in [0.5, 0.6) is 0 Å². The van der Waals surface area contributed by atoms with Crippen molar-refractivity contribution >= 4 is 5.91 Å². The topological polar surface area (TPSA) is 35.6 Å². The van der Waals surface area contributed by atoms with Crippen LogP contribution < -0.4 is 5.32 Å². The van der Waals surface area contributed by atoms with Crippen molar-refractivity contribution in [2.24, 2.45) is 0 Å². The molecular weight excluding hydrogens is 250 g/mol. The van der Waals surface area contributed by atoms with E-state index in [9.17, 15) is 4.79 Å². The van der Waals surface area contributed by atoms with Crippen LogP contribution in [0.3, 0.4) is 0 Å². The van der Waals surface area contributed by atoms with Gasteiger partial charge in [-0.05, 0) is 19.9 Å². The molecule has 2 aliphatic rings. The summed E-state index contributed by atoms with van der Waals surface area (Å²) in [6.07, 6.45) is 10.2. The number of nitrogens with one attached hydrogen (secondary N) is 1. The van der Waals surface area contributed by atoms with Crippen molar-refractivity contribution in [2.45, 2.75) is 57.4 Å². The minimum Gasteiger partial charge on any atom is -0.340 e. The largest absolute Gasteiger partial charge is 0.340 e. The fourth-order valence-corrected chi connectivity index (χ4v) is 3.40. The number of nitrogens with zero attached hydrogens (tertiary/aromatic N) is 2. The van der Waals surface area contributed by atoms with Crippen LogP contribution in [-0.4, -0.2) is 61.5 Å². The zero-order chi connectivity index (χ0) is 14.2. The molecule has 0 radical (unpaired) electrons. The molecule has 0 unspecified atom stereocenters. The quantitative estimate of drug-likeness (QED) is 0.854. The van der Waals surface area contributed by atoms with Gasteiger partial charge in [0.1, 0.15) is 0 Å². The average molecular weight is 281 g/mol. The Morgan fingerprint density at radius 3 is 2.35 bits per heavy atom. The van der Waals surface area contributed by atoms with Crippen LogP contribution in [0.25, 0.3) is 0 Å². The standard InChI is InChI=1S/C16H31N3O/c1-18(15-7-5-3-2-4-6-8-15)12-9-16(20)19-13-10-17-11-14-19/h15,17H,2-14H2,1H3. The maximum Gasteiger partial charge on any atom is 0.223 e. The highest BCUT2D eigenvalue weighted by molar-refractivity contribution is 5.76. The summed E-state index contributed by atoms with van der Waals surface area (Å²) in [6.45, 7) is 4.58. The van der Waals surface area contributed by atoms with Gasteiger partial charge in [0.25, 0.3) is 0 Å². The lowest BCUT2D eigenvalue weighted by atomic mass is 9.96. The maximum absolute atomic E-state index is 12.2. The van der Waals surface area contributed by atoms with Gasteiger partial charge < -0.3 is 15.1 Å². The monoisotopic (exact) mass is 281 g/mol. The maximum atomic E-state index is 12.2. The number of carbonyl (C=O) groups is 1. The highest BCUT2D eigenvalue weighted by Crippen LogP contribution is 2.20. The van der Waals surface area contributed by atoms with E-state index < -0.39 is 0 Å². The van der Waals surface area contributed by atoms with E-state index >= 15 is 0 Å². The molecule has 1 saturated carbocycles. The number of carbonyl (C=O) groups excluding carboxylic acids is 1. The molecule has 0 bridgehead atoms. The van der Waals surface area contributed by atoms with Crippen molar-refractivity contribution in [3.05, 3.63) is 0 Å². The molecule has 0 atom stereocenters. The molecule has 116 valence electrons. The third-order valence-corrected chi connectivity index (χ3v) is 4.85. The van der Waals surface area contributed by atoms with Crippen LogP contribution in [0.4, 0.5) is 0 Å². The molecule has 1 aliphatic heterocycles. The first-order valence-electron chi connectivity index (χ1n) is 8.46. The molecule has 1 aliphatic carbocycles. The van der Waals surface area contributed by atoms with Crippen LogP contribution in [0.2, 0.25) is 0 Å². The Balaban J connectivity index is 1.69. The molecule has 1 amide bonds. The second-order valence-electron chi connectivity index (χ2n) is 6.36. The highest BCUT2D eigenvalue weighted by atomic mass is 16.2. The van der Waals surface area contributed by atoms with Crippen molar-refractivity contribution in [1.82, 2.24) is 15.1 Å². The summed E-state index contributed by atoms with van der Waals surface area (Å²) < 4.78 is 0. The Labute approximate surface area is 123 Å². The molecule has 1 N–H and O–H groups in total. The molecule has 1 heterocycles. The third-order valence-electron chi connectivity index (χ3n) is 4.85. The number of rotatable bonds is 4. The second-order valence-corrected chi connectivity index (χ2v) is 6.36. The summed E-state index contributed by atoms with van der Waals surface area (Å²) >= 11 is 0. The van der Waals surface area contributed by atoms with E-state index in [4.69, 9.17) is 0 Å². The molecule has 4 heteroatoms. The van der Waals surface area contributed by atoms with E-state index in [0.717, 1.165) is 32.7 Å². The Morgan fingerprint density at radius 2 is 1.70 bits per heavy atom. The van der Waals surface area contributed by atoms with Gasteiger partial charge in [-0.2, -0.15) is 0 Å². The number of piperazine rings is 1. The Bertz CT molecular complexity index is 281. The molecule has 1 saturated heterocycles. The van der Waals surface area contributed by atoms with E-state index in [1.165, 1.54) is 44.9 Å². The fraction of sp³-hybridized carbons (Fsp3) is 0.938. The zero-order valence-corrected chi connectivity index (χ0v) is 13.1. The summed E-state index contributed by atoms with van der Waals surface area (Å²) in [5.74, 6) is 0.337. The van der Waals surface area contributed by atoms with E-state index in [1.807, 2.05) is 4.90 Å². The van der Waals surface area contributed by atoms with Gasteiger partial charge in [-0.15, -0.1) is 0 Å². The van der Waals surface area contributed by atoms with Crippen LogP contribution in [-0.2, 0) is 4.79 Å². The highest BCUT2D eigenvalue weighted by Gasteiger charge is 2.19. The van der Waals surface area contributed by atoms with Crippen LogP contribution >= 0.6 is 0 Å². The molecule has 0 aromatic heterocycles. The molecule has 0 spiro atoms. The lowest BCUT2D eigenvalue weighted by Crippen LogP contribution is -2.47. The Morgan fingerprint density at radius 1 is 1.10 bits per heavy atom. The number of amides is 1. The van der Waals surface area contributed by atoms with Gasteiger partial charge in [0, 0.05) is 45.2 Å². The second kappa shape index (κ2) is 8.63. The van der Waals surface area contributed by atoms with Gasteiger partial charge >= 0.3 is 0 Å². The van der Waals surface area contributed by atoms with Crippen molar-refractivity contribution in [3.63, 3.8) is 0 Å². The minimum absolute atomic E-state index is 0.337. The summed E-state index contributed by atoms with van der Waals surface area (Å²) in [5.41, 5.74) is 0. The molecule has 0 aromatic carbocycles.